The first-order chi connectivity index (χ1) is 19.9. The Balaban J connectivity index is 1.25. The standard InChI is InChI=1S/C31H23N3O5S2/c1-17-11-13-19(14-12-17)34-28(36)25-24(22-10-5-15-39-22)27-30(40-26(25)29(34)37)33(31(38)41-27)16-23(35)32-21-9-4-7-18-6-2-3-8-20(18)21/h2-15,24-26H,16H2,1H3,(H,32,35)/t24-,25-,26+/m0/s1. The van der Waals surface area contributed by atoms with Crippen LogP contribution in [0.15, 0.2) is 99.4 Å². The zero-order valence-electron chi connectivity index (χ0n) is 21.8. The minimum Gasteiger partial charge on any atom is -0.469 e. The van der Waals surface area contributed by atoms with Crippen molar-refractivity contribution in [2.45, 2.75) is 29.7 Å². The van der Waals surface area contributed by atoms with Gasteiger partial charge in [-0.05, 0) is 42.6 Å². The summed E-state index contributed by atoms with van der Waals surface area (Å²) in [7, 11) is 0. The molecule has 0 saturated carbocycles. The summed E-state index contributed by atoms with van der Waals surface area (Å²) in [6.45, 7) is 1.71. The van der Waals surface area contributed by atoms with Crippen molar-refractivity contribution < 1.29 is 18.8 Å². The molecule has 0 unspecified atom stereocenters. The van der Waals surface area contributed by atoms with Crippen LogP contribution in [-0.4, -0.2) is 27.5 Å². The van der Waals surface area contributed by atoms with Gasteiger partial charge in [-0.25, -0.2) is 4.90 Å². The highest BCUT2D eigenvalue weighted by Gasteiger charge is 2.57. The minimum absolute atomic E-state index is 0.229. The second kappa shape index (κ2) is 9.90. The first-order valence-corrected chi connectivity index (χ1v) is 14.8. The molecule has 204 valence electrons. The van der Waals surface area contributed by atoms with E-state index in [-0.39, 0.29) is 29.1 Å². The molecule has 5 aromatic rings. The maximum Gasteiger partial charge on any atom is 0.308 e. The Hall–Kier alpha value is -4.41. The Morgan fingerprint density at radius 3 is 2.49 bits per heavy atom. The second-order valence-corrected chi connectivity index (χ2v) is 12.2. The van der Waals surface area contributed by atoms with Crippen molar-refractivity contribution in [1.29, 1.82) is 0 Å². The first kappa shape index (κ1) is 25.6. The molecule has 4 heterocycles. The molecule has 3 aromatic carbocycles. The highest BCUT2D eigenvalue weighted by molar-refractivity contribution is 8.00. The molecule has 8 nitrogen and oxygen atoms in total. The van der Waals surface area contributed by atoms with E-state index in [0.717, 1.165) is 27.7 Å². The number of furan rings is 1. The molecule has 1 saturated heterocycles. The van der Waals surface area contributed by atoms with Crippen LogP contribution in [0.3, 0.4) is 0 Å². The number of carbonyl (C=O) groups excluding carboxylic acids is 3. The van der Waals surface area contributed by atoms with Crippen molar-refractivity contribution in [2.24, 2.45) is 5.92 Å². The fraction of sp³-hybridized carbons (Fsp3) is 0.161. The van der Waals surface area contributed by atoms with E-state index in [1.165, 1.54) is 27.5 Å². The molecule has 0 spiro atoms. The first-order valence-electron chi connectivity index (χ1n) is 13.1. The van der Waals surface area contributed by atoms with E-state index in [1.54, 1.807) is 24.3 Å². The summed E-state index contributed by atoms with van der Waals surface area (Å²) in [5.74, 6) is -1.91. The van der Waals surface area contributed by atoms with Crippen molar-refractivity contribution in [2.75, 3.05) is 10.2 Å². The number of rotatable bonds is 5. The number of amides is 3. The minimum atomic E-state index is -0.771. The fourth-order valence-corrected chi connectivity index (χ4v) is 8.40. The molecular weight excluding hydrogens is 558 g/mol. The molecule has 0 bridgehead atoms. The number of thioether (sulfide) groups is 1. The Morgan fingerprint density at radius 2 is 1.71 bits per heavy atom. The third-order valence-corrected chi connectivity index (χ3v) is 10.2. The third-order valence-electron chi connectivity index (χ3n) is 7.56. The number of fused-ring (bicyclic) bond motifs is 3. The maximum atomic E-state index is 13.8. The lowest BCUT2D eigenvalue weighted by Gasteiger charge is -2.29. The molecule has 1 N–H and O–H groups in total. The van der Waals surface area contributed by atoms with E-state index in [9.17, 15) is 19.2 Å². The number of anilines is 2. The number of benzene rings is 3. The predicted molar refractivity (Wildman–Crippen MR) is 159 cm³/mol. The smallest absolute Gasteiger partial charge is 0.308 e. The number of imide groups is 1. The van der Waals surface area contributed by atoms with Crippen LogP contribution in [0, 0.1) is 12.8 Å². The summed E-state index contributed by atoms with van der Waals surface area (Å²) in [5, 5.41) is 4.57. The van der Waals surface area contributed by atoms with Crippen LogP contribution < -0.4 is 15.1 Å². The Morgan fingerprint density at radius 1 is 0.927 bits per heavy atom. The number of aromatic nitrogens is 1. The van der Waals surface area contributed by atoms with Gasteiger partial charge in [-0.1, -0.05) is 77.2 Å². The molecule has 0 aliphatic carbocycles. The fourth-order valence-electron chi connectivity index (χ4n) is 5.65. The van der Waals surface area contributed by atoms with Gasteiger partial charge < -0.3 is 9.73 Å². The molecule has 10 heteroatoms. The van der Waals surface area contributed by atoms with Crippen LogP contribution in [0.25, 0.3) is 10.8 Å². The lowest BCUT2D eigenvalue weighted by atomic mass is 9.87. The molecule has 2 aliphatic heterocycles. The van der Waals surface area contributed by atoms with Gasteiger partial charge in [-0.2, -0.15) is 0 Å². The summed E-state index contributed by atoms with van der Waals surface area (Å²) < 4.78 is 7.16. The molecule has 3 atom stereocenters. The number of carbonyl (C=O) groups is 3. The lowest BCUT2D eigenvalue weighted by molar-refractivity contribution is -0.122. The second-order valence-electron chi connectivity index (χ2n) is 10.1. The molecular formula is C31H23N3O5S2. The van der Waals surface area contributed by atoms with Gasteiger partial charge in [0, 0.05) is 11.1 Å². The van der Waals surface area contributed by atoms with Crippen molar-refractivity contribution in [1.82, 2.24) is 4.57 Å². The monoisotopic (exact) mass is 581 g/mol. The predicted octanol–water partition coefficient (Wildman–Crippen LogP) is 5.40. The van der Waals surface area contributed by atoms with Gasteiger partial charge in [-0.15, -0.1) is 0 Å². The normalized spacial score (nSPS) is 19.8. The number of nitrogens with one attached hydrogen (secondary N) is 1. The molecule has 2 aliphatic rings. The van der Waals surface area contributed by atoms with Crippen LogP contribution in [0.5, 0.6) is 0 Å². The van der Waals surface area contributed by atoms with E-state index in [0.29, 0.717) is 27.0 Å². The molecule has 1 fully saturated rings. The summed E-state index contributed by atoms with van der Waals surface area (Å²) in [5.41, 5.74) is 2.17. The number of hydrogen-bond donors (Lipinski definition) is 1. The quantitative estimate of drug-likeness (QED) is 0.279. The van der Waals surface area contributed by atoms with Crippen LogP contribution in [0.4, 0.5) is 11.4 Å². The zero-order valence-corrected chi connectivity index (χ0v) is 23.4. The maximum absolute atomic E-state index is 13.8. The summed E-state index contributed by atoms with van der Waals surface area (Å²) in [6, 6.07) is 24.1. The van der Waals surface area contributed by atoms with Gasteiger partial charge in [0.2, 0.25) is 17.7 Å². The summed E-state index contributed by atoms with van der Waals surface area (Å²) >= 11 is 2.17. The Bertz CT molecular complexity index is 1890. The number of hydrogen-bond acceptors (Lipinski definition) is 7. The van der Waals surface area contributed by atoms with Crippen LogP contribution in [0.2, 0.25) is 0 Å². The number of aryl methyl sites for hydroxylation is 1. The van der Waals surface area contributed by atoms with Crippen molar-refractivity contribution in [3.63, 3.8) is 0 Å². The van der Waals surface area contributed by atoms with Crippen molar-refractivity contribution in [3.8, 4) is 0 Å². The van der Waals surface area contributed by atoms with Gasteiger partial charge in [0.1, 0.15) is 17.6 Å². The van der Waals surface area contributed by atoms with Gasteiger partial charge in [0.25, 0.3) is 0 Å². The van der Waals surface area contributed by atoms with Gasteiger partial charge in [-0.3, -0.25) is 23.7 Å². The Labute approximate surface area is 242 Å². The summed E-state index contributed by atoms with van der Waals surface area (Å²) in [4.78, 5) is 55.7. The third kappa shape index (κ3) is 4.22. The highest BCUT2D eigenvalue weighted by Crippen LogP contribution is 2.53. The molecule has 2 aromatic heterocycles. The molecule has 7 rings (SSSR count). The van der Waals surface area contributed by atoms with Gasteiger partial charge in [0.15, 0.2) is 0 Å². The van der Waals surface area contributed by atoms with Crippen molar-refractivity contribution >= 4 is 63.0 Å². The number of thiazole rings is 1. The summed E-state index contributed by atoms with van der Waals surface area (Å²) in [6.07, 6.45) is 1.52. The van der Waals surface area contributed by atoms with E-state index in [2.05, 4.69) is 5.32 Å². The van der Waals surface area contributed by atoms with E-state index < -0.39 is 17.1 Å². The van der Waals surface area contributed by atoms with E-state index in [4.69, 9.17) is 4.42 Å². The van der Waals surface area contributed by atoms with Crippen LogP contribution in [-0.2, 0) is 20.9 Å². The number of nitrogens with zero attached hydrogens (tertiary/aromatic N) is 2. The van der Waals surface area contributed by atoms with Crippen LogP contribution >= 0.6 is 23.1 Å². The van der Waals surface area contributed by atoms with Gasteiger partial charge >= 0.3 is 4.87 Å². The van der Waals surface area contributed by atoms with E-state index in [1.807, 2.05) is 61.5 Å². The molecule has 3 amide bonds. The molecule has 41 heavy (non-hydrogen) atoms. The highest BCUT2D eigenvalue weighted by atomic mass is 32.2. The van der Waals surface area contributed by atoms with Crippen LogP contribution in [0.1, 0.15) is 22.1 Å². The SMILES string of the molecule is Cc1ccc(N2C(=O)[C@H]3[C@H](c4ccco4)c4sc(=O)n(CC(=O)Nc5cccc6ccccc56)c4S[C@H]3C2=O)cc1. The average Bonchev–Trinajstić information content (AvgIpc) is 3.67. The topological polar surface area (TPSA) is 102 Å². The largest absolute Gasteiger partial charge is 0.469 e. The molecule has 0 radical (unpaired) electrons. The zero-order chi connectivity index (χ0) is 28.2. The lowest BCUT2D eigenvalue weighted by Crippen LogP contribution is -2.32. The van der Waals surface area contributed by atoms with Gasteiger partial charge in [0.05, 0.1) is 33.7 Å². The Kier molecular flexibility index (Phi) is 6.17. The van der Waals surface area contributed by atoms with E-state index >= 15 is 0 Å². The van der Waals surface area contributed by atoms with Crippen molar-refractivity contribution in [3.05, 3.63) is 111 Å². The average molecular weight is 582 g/mol.